The fourth-order valence-electron chi connectivity index (χ4n) is 4.20. The number of fused-ring (bicyclic) bond motifs is 1. The number of nitrogens with zero attached hydrogens (tertiary/aromatic N) is 2. The van der Waals surface area contributed by atoms with Crippen molar-refractivity contribution in [3.05, 3.63) is 23.8 Å². The zero-order chi connectivity index (χ0) is 20.3. The van der Waals surface area contributed by atoms with E-state index >= 15 is 0 Å². The van der Waals surface area contributed by atoms with Crippen molar-refractivity contribution >= 4 is 5.91 Å². The summed E-state index contributed by atoms with van der Waals surface area (Å²) < 4.78 is 10.8. The highest BCUT2D eigenvalue weighted by atomic mass is 16.7. The van der Waals surface area contributed by atoms with Crippen molar-refractivity contribution in [1.82, 2.24) is 9.80 Å². The Morgan fingerprint density at radius 3 is 2.24 bits per heavy atom. The molecule has 2 heterocycles. The minimum absolute atomic E-state index is 0.318. The molecule has 5 nitrogen and oxygen atoms in total. The molecule has 0 atom stereocenters. The summed E-state index contributed by atoms with van der Waals surface area (Å²) >= 11 is 0. The zero-order valence-corrected chi connectivity index (χ0v) is 18.2. The third kappa shape index (κ3) is 7.22. The maximum Gasteiger partial charge on any atom is 0.231 e. The van der Waals surface area contributed by atoms with Gasteiger partial charge in [0.2, 0.25) is 12.7 Å². The standard InChI is InChI=1S/C24H38N2O3/c1-2-3-4-5-6-7-8-9-10-11-24(27)26-16-14-25(15-17-26)19-21-12-13-22-23(18-21)29-20-28-22/h12-13,18H,2-11,14-17,19-20H2,1H3. The molecule has 29 heavy (non-hydrogen) atoms. The molecule has 0 N–H and O–H groups in total. The Balaban J connectivity index is 1.25. The van der Waals surface area contributed by atoms with Gasteiger partial charge in [0.15, 0.2) is 11.5 Å². The van der Waals surface area contributed by atoms with Gasteiger partial charge in [0.05, 0.1) is 0 Å². The molecule has 5 heteroatoms. The summed E-state index contributed by atoms with van der Waals surface area (Å²) in [6.07, 6.45) is 12.4. The number of benzene rings is 1. The molecule has 1 aromatic rings. The van der Waals surface area contributed by atoms with Crippen LogP contribution >= 0.6 is 0 Å². The van der Waals surface area contributed by atoms with Crippen LogP contribution in [0.2, 0.25) is 0 Å². The zero-order valence-electron chi connectivity index (χ0n) is 18.2. The number of unbranched alkanes of at least 4 members (excludes halogenated alkanes) is 8. The molecule has 0 unspecified atom stereocenters. The molecule has 0 bridgehead atoms. The van der Waals surface area contributed by atoms with Crippen LogP contribution in [0.5, 0.6) is 11.5 Å². The van der Waals surface area contributed by atoms with Crippen molar-refractivity contribution in [3.8, 4) is 11.5 Å². The summed E-state index contributed by atoms with van der Waals surface area (Å²) in [5, 5.41) is 0. The predicted octanol–water partition coefficient (Wildman–Crippen LogP) is 4.98. The Morgan fingerprint density at radius 2 is 1.52 bits per heavy atom. The maximum atomic E-state index is 12.5. The molecule has 162 valence electrons. The van der Waals surface area contributed by atoms with Crippen LogP contribution in [0.4, 0.5) is 0 Å². The van der Waals surface area contributed by atoms with Crippen molar-refractivity contribution in [2.24, 2.45) is 0 Å². The minimum Gasteiger partial charge on any atom is -0.454 e. The van der Waals surface area contributed by atoms with Crippen molar-refractivity contribution in [2.45, 2.75) is 77.7 Å². The van der Waals surface area contributed by atoms with Crippen LogP contribution in [0, 0.1) is 0 Å². The SMILES string of the molecule is CCCCCCCCCCCC(=O)N1CCN(Cc2ccc3c(c2)OCO3)CC1. The quantitative estimate of drug-likeness (QED) is 0.462. The molecular formula is C24H38N2O3. The highest BCUT2D eigenvalue weighted by Gasteiger charge is 2.21. The number of rotatable bonds is 12. The van der Waals surface area contributed by atoms with Crippen molar-refractivity contribution < 1.29 is 14.3 Å². The van der Waals surface area contributed by atoms with E-state index in [-0.39, 0.29) is 0 Å². The first-order chi connectivity index (χ1) is 14.3. The molecule has 0 radical (unpaired) electrons. The van der Waals surface area contributed by atoms with E-state index in [0.717, 1.165) is 57.1 Å². The van der Waals surface area contributed by atoms with Gasteiger partial charge in [-0.05, 0) is 24.1 Å². The summed E-state index contributed by atoms with van der Waals surface area (Å²) in [4.78, 5) is 16.9. The first-order valence-corrected chi connectivity index (χ1v) is 11.6. The lowest BCUT2D eigenvalue weighted by Gasteiger charge is -2.34. The smallest absolute Gasteiger partial charge is 0.231 e. The van der Waals surface area contributed by atoms with Crippen molar-refractivity contribution in [2.75, 3.05) is 33.0 Å². The van der Waals surface area contributed by atoms with Crippen molar-refractivity contribution in [1.29, 1.82) is 0 Å². The van der Waals surface area contributed by atoms with Crippen LogP contribution in [-0.4, -0.2) is 48.7 Å². The predicted molar refractivity (Wildman–Crippen MR) is 116 cm³/mol. The average molecular weight is 403 g/mol. The maximum absolute atomic E-state index is 12.5. The molecule has 1 saturated heterocycles. The Morgan fingerprint density at radius 1 is 0.862 bits per heavy atom. The topological polar surface area (TPSA) is 42.0 Å². The van der Waals surface area contributed by atoms with E-state index in [9.17, 15) is 4.79 Å². The highest BCUT2D eigenvalue weighted by Crippen LogP contribution is 2.32. The van der Waals surface area contributed by atoms with E-state index in [1.807, 2.05) is 6.07 Å². The molecule has 1 amide bonds. The fourth-order valence-corrected chi connectivity index (χ4v) is 4.20. The number of piperazine rings is 1. The number of hydrogen-bond acceptors (Lipinski definition) is 4. The van der Waals surface area contributed by atoms with E-state index < -0.39 is 0 Å². The van der Waals surface area contributed by atoms with Crippen LogP contribution < -0.4 is 9.47 Å². The Bertz CT molecular complexity index is 627. The van der Waals surface area contributed by atoms with E-state index in [0.29, 0.717) is 12.7 Å². The second-order valence-corrected chi connectivity index (χ2v) is 8.42. The second-order valence-electron chi connectivity index (χ2n) is 8.42. The highest BCUT2D eigenvalue weighted by molar-refractivity contribution is 5.76. The largest absolute Gasteiger partial charge is 0.454 e. The van der Waals surface area contributed by atoms with Gasteiger partial charge in [0, 0.05) is 39.1 Å². The number of amides is 1. The van der Waals surface area contributed by atoms with E-state index in [1.54, 1.807) is 0 Å². The third-order valence-corrected chi connectivity index (χ3v) is 6.06. The molecule has 1 fully saturated rings. The lowest BCUT2D eigenvalue weighted by atomic mass is 10.1. The lowest BCUT2D eigenvalue weighted by Crippen LogP contribution is -2.48. The van der Waals surface area contributed by atoms with E-state index in [4.69, 9.17) is 9.47 Å². The Labute approximate surface area is 176 Å². The van der Waals surface area contributed by atoms with Crippen LogP contribution in [0.25, 0.3) is 0 Å². The Hall–Kier alpha value is -1.75. The monoisotopic (exact) mass is 402 g/mol. The van der Waals surface area contributed by atoms with Gasteiger partial charge in [-0.2, -0.15) is 0 Å². The van der Waals surface area contributed by atoms with Crippen LogP contribution in [0.3, 0.4) is 0 Å². The molecule has 2 aliphatic rings. The minimum atomic E-state index is 0.318. The molecule has 0 aliphatic carbocycles. The summed E-state index contributed by atoms with van der Waals surface area (Å²) in [5.74, 6) is 2.02. The molecule has 3 rings (SSSR count). The van der Waals surface area contributed by atoms with Crippen LogP contribution in [0.15, 0.2) is 18.2 Å². The van der Waals surface area contributed by atoms with Crippen molar-refractivity contribution in [3.63, 3.8) is 0 Å². The summed E-state index contributed by atoms with van der Waals surface area (Å²) in [5.41, 5.74) is 1.24. The van der Waals surface area contributed by atoms with Crippen LogP contribution in [0.1, 0.15) is 76.7 Å². The first kappa shape index (κ1) is 21.9. The molecule has 0 aromatic heterocycles. The first-order valence-electron chi connectivity index (χ1n) is 11.6. The number of ether oxygens (including phenoxy) is 2. The normalized spacial score (nSPS) is 16.4. The molecule has 0 spiro atoms. The Kier molecular flexibility index (Phi) is 9.13. The number of carbonyl (C=O) groups excluding carboxylic acids is 1. The summed E-state index contributed by atoms with van der Waals surface area (Å²) in [6.45, 7) is 7.06. The van der Waals surface area contributed by atoms with Gasteiger partial charge in [-0.15, -0.1) is 0 Å². The second kappa shape index (κ2) is 12.1. The lowest BCUT2D eigenvalue weighted by molar-refractivity contribution is -0.133. The average Bonchev–Trinajstić information content (AvgIpc) is 3.21. The van der Waals surface area contributed by atoms with Gasteiger partial charge in [-0.3, -0.25) is 9.69 Å². The molecule has 0 saturated carbocycles. The molecular weight excluding hydrogens is 364 g/mol. The van der Waals surface area contributed by atoms with E-state index in [1.165, 1.54) is 56.9 Å². The number of carbonyl (C=O) groups is 1. The van der Waals surface area contributed by atoms with Gasteiger partial charge in [-0.1, -0.05) is 64.4 Å². The van der Waals surface area contributed by atoms with Gasteiger partial charge < -0.3 is 14.4 Å². The van der Waals surface area contributed by atoms with Crippen LogP contribution in [-0.2, 0) is 11.3 Å². The molecule has 1 aromatic carbocycles. The number of hydrogen-bond donors (Lipinski definition) is 0. The van der Waals surface area contributed by atoms with E-state index in [2.05, 4.69) is 28.9 Å². The van der Waals surface area contributed by atoms with Gasteiger partial charge >= 0.3 is 0 Å². The van der Waals surface area contributed by atoms with Gasteiger partial charge in [0.25, 0.3) is 0 Å². The fraction of sp³-hybridized carbons (Fsp3) is 0.708. The third-order valence-electron chi connectivity index (χ3n) is 6.06. The molecule has 2 aliphatic heterocycles. The summed E-state index contributed by atoms with van der Waals surface area (Å²) in [6, 6.07) is 6.17. The summed E-state index contributed by atoms with van der Waals surface area (Å²) in [7, 11) is 0. The van der Waals surface area contributed by atoms with Gasteiger partial charge in [-0.25, -0.2) is 0 Å². The van der Waals surface area contributed by atoms with Gasteiger partial charge in [0.1, 0.15) is 0 Å².